The van der Waals surface area contributed by atoms with Gasteiger partial charge in [-0.2, -0.15) is 0 Å². The third-order valence-corrected chi connectivity index (χ3v) is 3.56. The summed E-state index contributed by atoms with van der Waals surface area (Å²) in [5.41, 5.74) is 5.28. The minimum absolute atomic E-state index is 0.162. The molecule has 5 N–H and O–H groups in total. The van der Waals surface area contributed by atoms with Gasteiger partial charge < -0.3 is 21.7 Å². The Hall–Kier alpha value is -1.96. The second kappa shape index (κ2) is 12.5. The Morgan fingerprint density at radius 3 is 2.17 bits per heavy atom. The van der Waals surface area contributed by atoms with Gasteiger partial charge in [0, 0.05) is 19.9 Å². The normalized spacial score (nSPS) is 13.0. The number of Topliss-reactive ketones (excluding diaryl/α,β-unsaturated/α-hetero) is 1. The Morgan fingerprint density at radius 2 is 1.67 bits per heavy atom. The van der Waals surface area contributed by atoms with Crippen LogP contribution in [0.25, 0.3) is 0 Å². The average Bonchev–Trinajstić information content (AvgIpc) is 2.49. The molecule has 0 aromatic carbocycles. The van der Waals surface area contributed by atoms with Crippen molar-refractivity contribution in [1.82, 2.24) is 16.0 Å². The van der Waals surface area contributed by atoms with E-state index >= 15 is 0 Å². The van der Waals surface area contributed by atoms with Crippen molar-refractivity contribution in [1.29, 1.82) is 0 Å². The van der Waals surface area contributed by atoms with Gasteiger partial charge in [-0.15, -0.1) is 0 Å². The number of primary amides is 1. The lowest BCUT2D eigenvalue weighted by Gasteiger charge is -2.15. The van der Waals surface area contributed by atoms with Gasteiger partial charge in [-0.3, -0.25) is 19.2 Å². The van der Waals surface area contributed by atoms with E-state index in [1.807, 2.05) is 6.92 Å². The van der Waals surface area contributed by atoms with Gasteiger partial charge in [-0.1, -0.05) is 6.92 Å². The van der Waals surface area contributed by atoms with Gasteiger partial charge in [0.25, 0.3) is 0 Å². The number of amides is 3. The molecule has 0 heterocycles. The maximum Gasteiger partial charge on any atom is 0.234 e. The second-order valence-corrected chi connectivity index (χ2v) is 5.76. The van der Waals surface area contributed by atoms with Crippen molar-refractivity contribution in [2.45, 2.75) is 65.0 Å². The van der Waals surface area contributed by atoms with Crippen molar-refractivity contribution < 1.29 is 19.2 Å². The molecule has 0 spiro atoms. The first-order valence-electron chi connectivity index (χ1n) is 8.34. The fourth-order valence-electron chi connectivity index (χ4n) is 2.28. The Bertz CT molecular complexity index is 440. The first-order valence-corrected chi connectivity index (χ1v) is 8.34. The summed E-state index contributed by atoms with van der Waals surface area (Å²) < 4.78 is 0. The topological polar surface area (TPSA) is 130 Å². The molecular formula is C16H30N4O4. The number of likely N-dealkylation sites (N-methyl/N-ethyl adjacent to an activating group) is 1. The number of carbonyl (C=O) groups excluding carboxylic acids is 4. The summed E-state index contributed by atoms with van der Waals surface area (Å²) in [5.74, 6) is -0.988. The van der Waals surface area contributed by atoms with E-state index < -0.39 is 6.04 Å². The molecule has 0 radical (unpaired) electrons. The molecule has 2 unspecified atom stereocenters. The summed E-state index contributed by atoms with van der Waals surface area (Å²) in [5, 5.41) is 8.30. The molecule has 0 aliphatic heterocycles. The van der Waals surface area contributed by atoms with Crippen LogP contribution in [0.1, 0.15) is 52.9 Å². The van der Waals surface area contributed by atoms with Crippen molar-refractivity contribution in [3.05, 3.63) is 0 Å². The minimum Gasteiger partial charge on any atom is -0.368 e. The summed E-state index contributed by atoms with van der Waals surface area (Å²) in [6, 6.07) is -0.954. The van der Waals surface area contributed by atoms with Crippen molar-refractivity contribution >= 4 is 23.5 Å². The molecule has 0 aliphatic rings. The quantitative estimate of drug-likeness (QED) is 0.339. The van der Waals surface area contributed by atoms with Crippen LogP contribution < -0.4 is 21.7 Å². The fourth-order valence-corrected chi connectivity index (χ4v) is 2.28. The maximum absolute atomic E-state index is 11.7. The Morgan fingerprint density at radius 1 is 1.00 bits per heavy atom. The van der Waals surface area contributed by atoms with E-state index in [1.54, 1.807) is 0 Å². The molecule has 8 nitrogen and oxygen atoms in total. The Balaban J connectivity index is 3.91. The number of unbranched alkanes of at least 4 members (excludes halogenated alkanes) is 1. The van der Waals surface area contributed by atoms with Crippen LogP contribution >= 0.6 is 0 Å². The van der Waals surface area contributed by atoms with Crippen molar-refractivity contribution in [2.24, 2.45) is 5.73 Å². The van der Waals surface area contributed by atoms with E-state index in [4.69, 9.17) is 5.73 Å². The van der Waals surface area contributed by atoms with Crippen molar-refractivity contribution in [3.8, 4) is 0 Å². The first-order chi connectivity index (χ1) is 11.3. The Kier molecular flexibility index (Phi) is 11.4. The van der Waals surface area contributed by atoms with Crippen LogP contribution in [0.15, 0.2) is 0 Å². The number of ketones is 1. The summed E-state index contributed by atoms with van der Waals surface area (Å²) in [7, 11) is 0. The average molecular weight is 342 g/mol. The molecule has 0 aromatic heterocycles. The molecule has 3 amide bonds. The standard InChI is InChI=1S/C16H30N4O4/c1-4-18-14(16(17)24)7-5-6-10-19-15(23)9-8-13(11(2)21)20-12(3)22/h13-14,18H,4-10H2,1-3H3,(H2,17,24)(H,19,23)(H,20,22). The highest BCUT2D eigenvalue weighted by Crippen LogP contribution is 2.02. The number of hydrogen-bond acceptors (Lipinski definition) is 5. The lowest BCUT2D eigenvalue weighted by molar-refractivity contribution is -0.126. The highest BCUT2D eigenvalue weighted by Gasteiger charge is 2.16. The van der Waals surface area contributed by atoms with Crippen LogP contribution in [0.3, 0.4) is 0 Å². The molecule has 138 valence electrons. The lowest BCUT2D eigenvalue weighted by Crippen LogP contribution is -2.41. The van der Waals surface area contributed by atoms with E-state index in [-0.39, 0.29) is 42.4 Å². The van der Waals surface area contributed by atoms with E-state index in [2.05, 4.69) is 16.0 Å². The molecule has 0 aliphatic carbocycles. The molecule has 2 atom stereocenters. The van der Waals surface area contributed by atoms with Crippen LogP contribution in [0, 0.1) is 0 Å². The first kappa shape index (κ1) is 22.0. The molecule has 0 fully saturated rings. The summed E-state index contributed by atoms with van der Waals surface area (Å²) >= 11 is 0. The van der Waals surface area contributed by atoms with Gasteiger partial charge in [-0.05, 0) is 39.2 Å². The van der Waals surface area contributed by atoms with Gasteiger partial charge in [0.05, 0.1) is 12.1 Å². The monoisotopic (exact) mass is 342 g/mol. The third-order valence-electron chi connectivity index (χ3n) is 3.56. The third kappa shape index (κ3) is 10.7. The molecule has 24 heavy (non-hydrogen) atoms. The van der Waals surface area contributed by atoms with E-state index in [0.717, 1.165) is 12.8 Å². The van der Waals surface area contributed by atoms with Crippen LogP contribution in [-0.2, 0) is 19.2 Å². The van der Waals surface area contributed by atoms with Gasteiger partial charge in [0.15, 0.2) is 5.78 Å². The smallest absolute Gasteiger partial charge is 0.234 e. The SMILES string of the molecule is CCNC(CCCCNC(=O)CCC(NC(C)=O)C(C)=O)C(N)=O. The van der Waals surface area contributed by atoms with Crippen LogP contribution in [0.4, 0.5) is 0 Å². The summed E-state index contributed by atoms with van der Waals surface area (Å²) in [6.45, 7) is 5.81. The Labute approximate surface area is 143 Å². The van der Waals surface area contributed by atoms with E-state index in [9.17, 15) is 19.2 Å². The largest absolute Gasteiger partial charge is 0.368 e. The molecule has 8 heteroatoms. The fraction of sp³-hybridized carbons (Fsp3) is 0.750. The molecule has 0 saturated carbocycles. The summed E-state index contributed by atoms with van der Waals surface area (Å²) in [6.07, 6.45) is 2.59. The number of hydrogen-bond donors (Lipinski definition) is 4. The van der Waals surface area contributed by atoms with Crippen LogP contribution in [-0.4, -0.2) is 48.7 Å². The van der Waals surface area contributed by atoms with Gasteiger partial charge in [-0.25, -0.2) is 0 Å². The number of nitrogens with two attached hydrogens (primary N) is 1. The zero-order valence-electron chi connectivity index (χ0n) is 14.8. The lowest BCUT2D eigenvalue weighted by atomic mass is 10.1. The number of rotatable bonds is 13. The number of carbonyl (C=O) groups is 4. The van der Waals surface area contributed by atoms with Crippen molar-refractivity contribution in [3.63, 3.8) is 0 Å². The predicted octanol–water partition coefficient (Wildman–Crippen LogP) is -0.390. The molecule has 0 bridgehead atoms. The van der Waals surface area contributed by atoms with E-state index in [0.29, 0.717) is 19.5 Å². The molecule has 0 aromatic rings. The van der Waals surface area contributed by atoms with Crippen LogP contribution in [0.2, 0.25) is 0 Å². The van der Waals surface area contributed by atoms with E-state index in [1.165, 1.54) is 13.8 Å². The maximum atomic E-state index is 11.7. The zero-order chi connectivity index (χ0) is 18.5. The molecule has 0 saturated heterocycles. The second-order valence-electron chi connectivity index (χ2n) is 5.76. The summed E-state index contributed by atoms with van der Waals surface area (Å²) in [4.78, 5) is 45.3. The van der Waals surface area contributed by atoms with Gasteiger partial charge in [0.1, 0.15) is 0 Å². The zero-order valence-corrected chi connectivity index (χ0v) is 14.8. The minimum atomic E-state index is -0.621. The highest BCUT2D eigenvalue weighted by molar-refractivity contribution is 5.87. The predicted molar refractivity (Wildman–Crippen MR) is 91.0 cm³/mol. The van der Waals surface area contributed by atoms with Gasteiger partial charge in [0.2, 0.25) is 17.7 Å². The van der Waals surface area contributed by atoms with Gasteiger partial charge >= 0.3 is 0 Å². The highest BCUT2D eigenvalue weighted by atomic mass is 16.2. The molecular weight excluding hydrogens is 312 g/mol. The van der Waals surface area contributed by atoms with Crippen LogP contribution in [0.5, 0.6) is 0 Å². The van der Waals surface area contributed by atoms with Crippen molar-refractivity contribution in [2.75, 3.05) is 13.1 Å². The molecule has 0 rings (SSSR count). The number of nitrogens with one attached hydrogen (secondary N) is 3.